The van der Waals surface area contributed by atoms with Crippen LogP contribution in [0.25, 0.3) is 0 Å². The molecule has 1 fully saturated rings. The fourth-order valence-corrected chi connectivity index (χ4v) is 1.76. The van der Waals surface area contributed by atoms with E-state index in [0.29, 0.717) is 24.7 Å². The largest absolute Gasteiger partial charge is 0.299 e. The van der Waals surface area contributed by atoms with Crippen LogP contribution < -0.4 is 0 Å². The molecule has 0 radical (unpaired) electrons. The Kier molecular flexibility index (Phi) is 3.01. The first-order chi connectivity index (χ1) is 5.63. The summed E-state index contributed by atoms with van der Waals surface area (Å²) in [6, 6.07) is 0. The second-order valence-electron chi connectivity index (χ2n) is 3.81. The Morgan fingerprint density at radius 1 is 1.33 bits per heavy atom. The second kappa shape index (κ2) is 3.83. The molecule has 0 spiro atoms. The lowest BCUT2D eigenvalue weighted by Gasteiger charge is -2.24. The summed E-state index contributed by atoms with van der Waals surface area (Å²) in [6.45, 7) is 4.23. The van der Waals surface area contributed by atoms with Gasteiger partial charge in [0.1, 0.15) is 11.6 Å². The van der Waals surface area contributed by atoms with E-state index in [1.165, 1.54) is 0 Å². The highest BCUT2D eigenvalue weighted by Crippen LogP contribution is 2.27. The van der Waals surface area contributed by atoms with Gasteiger partial charge in [0.25, 0.3) is 0 Å². The van der Waals surface area contributed by atoms with Gasteiger partial charge in [-0.1, -0.05) is 20.3 Å². The first kappa shape index (κ1) is 9.43. The van der Waals surface area contributed by atoms with Crippen LogP contribution in [0.2, 0.25) is 0 Å². The van der Waals surface area contributed by atoms with Crippen molar-refractivity contribution in [3.8, 4) is 0 Å². The average molecular weight is 168 g/mol. The predicted molar refractivity (Wildman–Crippen MR) is 46.8 cm³/mol. The number of ketones is 2. The number of rotatable bonds is 2. The lowest BCUT2D eigenvalue weighted by Crippen LogP contribution is -2.26. The number of carbonyl (C=O) groups excluding carboxylic acids is 2. The van der Waals surface area contributed by atoms with E-state index in [9.17, 15) is 9.59 Å². The fraction of sp³-hybridized carbons (Fsp3) is 0.800. The Morgan fingerprint density at radius 3 is 2.25 bits per heavy atom. The molecule has 0 saturated heterocycles. The van der Waals surface area contributed by atoms with Crippen LogP contribution in [0.3, 0.4) is 0 Å². The SMILES string of the molecule is CC[C@H](C)C1CC(=O)CC(=O)C1. The maximum atomic E-state index is 11.1. The molecule has 0 amide bonds. The molecule has 2 heteroatoms. The van der Waals surface area contributed by atoms with Gasteiger partial charge in [0.2, 0.25) is 0 Å². The van der Waals surface area contributed by atoms with Crippen molar-refractivity contribution in [1.29, 1.82) is 0 Å². The van der Waals surface area contributed by atoms with E-state index in [2.05, 4.69) is 13.8 Å². The molecule has 0 unspecified atom stereocenters. The Balaban J connectivity index is 2.55. The molecule has 12 heavy (non-hydrogen) atoms. The smallest absolute Gasteiger partial charge is 0.140 e. The summed E-state index contributed by atoms with van der Waals surface area (Å²) in [5, 5.41) is 0. The number of carbonyl (C=O) groups is 2. The van der Waals surface area contributed by atoms with E-state index in [1.54, 1.807) is 0 Å². The van der Waals surface area contributed by atoms with Crippen LogP contribution in [0, 0.1) is 11.8 Å². The third-order valence-electron chi connectivity index (χ3n) is 2.82. The van der Waals surface area contributed by atoms with Gasteiger partial charge in [-0.25, -0.2) is 0 Å². The topological polar surface area (TPSA) is 34.1 Å². The summed E-state index contributed by atoms with van der Waals surface area (Å²) in [7, 11) is 0. The highest BCUT2D eigenvalue weighted by atomic mass is 16.1. The van der Waals surface area contributed by atoms with Gasteiger partial charge in [0.15, 0.2) is 0 Å². The van der Waals surface area contributed by atoms with Gasteiger partial charge in [-0.3, -0.25) is 9.59 Å². The lowest BCUT2D eigenvalue weighted by atomic mass is 9.79. The minimum atomic E-state index is 0.136. The van der Waals surface area contributed by atoms with E-state index in [1.807, 2.05) is 0 Å². The molecular weight excluding hydrogens is 152 g/mol. The molecular formula is C10H16O2. The van der Waals surface area contributed by atoms with Crippen LogP contribution in [-0.2, 0) is 9.59 Å². The molecule has 0 heterocycles. The van der Waals surface area contributed by atoms with Crippen molar-refractivity contribution < 1.29 is 9.59 Å². The van der Waals surface area contributed by atoms with Gasteiger partial charge in [0.05, 0.1) is 6.42 Å². The van der Waals surface area contributed by atoms with Crippen LogP contribution in [-0.4, -0.2) is 11.6 Å². The van der Waals surface area contributed by atoms with Crippen LogP contribution in [0.15, 0.2) is 0 Å². The van der Waals surface area contributed by atoms with Crippen molar-refractivity contribution in [2.75, 3.05) is 0 Å². The molecule has 2 nitrogen and oxygen atoms in total. The van der Waals surface area contributed by atoms with Crippen molar-refractivity contribution in [2.45, 2.75) is 39.5 Å². The van der Waals surface area contributed by atoms with Crippen molar-refractivity contribution in [3.05, 3.63) is 0 Å². The average Bonchev–Trinajstić information content (AvgIpc) is 2.01. The van der Waals surface area contributed by atoms with Crippen molar-refractivity contribution in [1.82, 2.24) is 0 Å². The molecule has 68 valence electrons. The van der Waals surface area contributed by atoms with Crippen LogP contribution in [0.1, 0.15) is 39.5 Å². The molecule has 0 bridgehead atoms. The molecule has 1 rings (SSSR count). The van der Waals surface area contributed by atoms with Crippen molar-refractivity contribution in [2.24, 2.45) is 11.8 Å². The maximum absolute atomic E-state index is 11.1. The molecule has 0 N–H and O–H groups in total. The van der Waals surface area contributed by atoms with Gasteiger partial charge in [-0.05, 0) is 11.8 Å². The van der Waals surface area contributed by atoms with E-state index >= 15 is 0 Å². The number of hydrogen-bond acceptors (Lipinski definition) is 2. The number of hydrogen-bond donors (Lipinski definition) is 0. The van der Waals surface area contributed by atoms with Crippen LogP contribution in [0.4, 0.5) is 0 Å². The number of Topliss-reactive ketones (excluding diaryl/α,β-unsaturated/α-hetero) is 2. The molecule has 0 aromatic rings. The van der Waals surface area contributed by atoms with Gasteiger partial charge >= 0.3 is 0 Å². The van der Waals surface area contributed by atoms with Gasteiger partial charge < -0.3 is 0 Å². The summed E-state index contributed by atoms with van der Waals surface area (Å²) < 4.78 is 0. The normalized spacial score (nSPS) is 22.8. The minimum absolute atomic E-state index is 0.136. The molecule has 1 aliphatic rings. The van der Waals surface area contributed by atoms with E-state index in [4.69, 9.17) is 0 Å². The summed E-state index contributed by atoms with van der Waals surface area (Å²) >= 11 is 0. The first-order valence-electron chi connectivity index (χ1n) is 4.66. The highest BCUT2D eigenvalue weighted by Gasteiger charge is 2.28. The molecule has 0 aromatic carbocycles. The maximum Gasteiger partial charge on any atom is 0.140 e. The summed E-state index contributed by atoms with van der Waals surface area (Å²) in [5.74, 6) is 1.11. The Labute approximate surface area is 73.3 Å². The van der Waals surface area contributed by atoms with Gasteiger partial charge in [0, 0.05) is 12.8 Å². The quantitative estimate of drug-likeness (QED) is 0.591. The minimum Gasteiger partial charge on any atom is -0.299 e. The standard InChI is InChI=1S/C10H16O2/c1-3-7(2)8-4-9(11)6-10(12)5-8/h7-8H,3-6H2,1-2H3/t7-/m0/s1. The zero-order valence-electron chi connectivity index (χ0n) is 7.80. The van der Waals surface area contributed by atoms with E-state index in [0.717, 1.165) is 6.42 Å². The third kappa shape index (κ3) is 2.16. The zero-order chi connectivity index (χ0) is 9.14. The predicted octanol–water partition coefficient (Wildman–Crippen LogP) is 1.97. The molecule has 1 saturated carbocycles. The van der Waals surface area contributed by atoms with Gasteiger partial charge in [-0.2, -0.15) is 0 Å². The second-order valence-corrected chi connectivity index (χ2v) is 3.81. The molecule has 1 atom stereocenters. The van der Waals surface area contributed by atoms with Crippen molar-refractivity contribution >= 4 is 11.6 Å². The van der Waals surface area contributed by atoms with Gasteiger partial charge in [-0.15, -0.1) is 0 Å². The third-order valence-corrected chi connectivity index (χ3v) is 2.82. The molecule has 0 aromatic heterocycles. The summed E-state index contributed by atoms with van der Waals surface area (Å²) in [4.78, 5) is 22.2. The molecule has 1 aliphatic carbocycles. The van der Waals surface area contributed by atoms with Crippen LogP contribution in [0.5, 0.6) is 0 Å². The fourth-order valence-electron chi connectivity index (χ4n) is 1.76. The monoisotopic (exact) mass is 168 g/mol. The van der Waals surface area contributed by atoms with Crippen LogP contribution >= 0.6 is 0 Å². The van der Waals surface area contributed by atoms with Crippen molar-refractivity contribution in [3.63, 3.8) is 0 Å². The lowest BCUT2D eigenvalue weighted by molar-refractivity contribution is -0.132. The Hall–Kier alpha value is -0.660. The first-order valence-corrected chi connectivity index (χ1v) is 4.66. The van der Waals surface area contributed by atoms with E-state index in [-0.39, 0.29) is 18.0 Å². The highest BCUT2D eigenvalue weighted by molar-refractivity contribution is 6.01. The Bertz CT molecular complexity index is 180. The summed E-state index contributed by atoms with van der Waals surface area (Å²) in [6.07, 6.45) is 2.50. The summed E-state index contributed by atoms with van der Waals surface area (Å²) in [5.41, 5.74) is 0. The Morgan fingerprint density at radius 2 is 1.83 bits per heavy atom. The van der Waals surface area contributed by atoms with E-state index < -0.39 is 0 Å². The zero-order valence-corrected chi connectivity index (χ0v) is 7.80. The molecule has 0 aliphatic heterocycles.